The van der Waals surface area contributed by atoms with Gasteiger partial charge in [-0.3, -0.25) is 0 Å². The van der Waals surface area contributed by atoms with Gasteiger partial charge in [-0.15, -0.1) is 0 Å². The van der Waals surface area contributed by atoms with Crippen LogP contribution < -0.4 is 14.2 Å². The molecule has 0 spiro atoms. The van der Waals surface area contributed by atoms with Crippen LogP contribution in [0.4, 0.5) is 11.5 Å². The molecule has 3 nitrogen and oxygen atoms in total. The SMILES string of the molecule is CC(C)N1c2ccccc2Oc2sc[n+](-c3ccccc3)c21. The quantitative estimate of drug-likeness (QED) is 0.639. The van der Waals surface area contributed by atoms with Crippen LogP contribution in [-0.2, 0) is 0 Å². The minimum absolute atomic E-state index is 0.341. The van der Waals surface area contributed by atoms with Gasteiger partial charge in [0, 0.05) is 0 Å². The van der Waals surface area contributed by atoms with Crippen LogP contribution in [0.1, 0.15) is 13.8 Å². The molecule has 0 amide bonds. The van der Waals surface area contributed by atoms with Gasteiger partial charge in [0.15, 0.2) is 16.9 Å². The maximum Gasteiger partial charge on any atom is 0.342 e. The lowest BCUT2D eigenvalue weighted by Gasteiger charge is -2.26. The molecule has 1 aliphatic rings. The number of anilines is 2. The third kappa shape index (κ3) is 1.99. The van der Waals surface area contributed by atoms with E-state index in [-0.39, 0.29) is 0 Å². The molecule has 22 heavy (non-hydrogen) atoms. The number of rotatable bonds is 2. The summed E-state index contributed by atoms with van der Waals surface area (Å²) < 4.78 is 8.32. The van der Waals surface area contributed by atoms with Crippen LogP contribution in [0.25, 0.3) is 5.69 Å². The molecule has 0 saturated carbocycles. The topological polar surface area (TPSA) is 16.4 Å². The molecule has 1 aliphatic heterocycles. The van der Waals surface area contributed by atoms with Crippen molar-refractivity contribution in [3.8, 4) is 16.5 Å². The highest BCUT2D eigenvalue weighted by Gasteiger charge is 2.38. The van der Waals surface area contributed by atoms with Crippen molar-refractivity contribution >= 4 is 22.8 Å². The van der Waals surface area contributed by atoms with E-state index >= 15 is 0 Å². The summed E-state index contributed by atoms with van der Waals surface area (Å²) in [5, 5.41) is 0.941. The van der Waals surface area contributed by atoms with Gasteiger partial charge in [-0.2, -0.15) is 4.57 Å². The predicted octanol–water partition coefficient (Wildman–Crippen LogP) is 4.68. The van der Waals surface area contributed by atoms with Crippen LogP contribution in [0.2, 0.25) is 0 Å². The van der Waals surface area contributed by atoms with E-state index in [4.69, 9.17) is 4.74 Å². The number of hydrogen-bond donors (Lipinski definition) is 0. The number of para-hydroxylation sites is 3. The fourth-order valence-corrected chi connectivity index (χ4v) is 3.70. The van der Waals surface area contributed by atoms with Gasteiger partial charge in [-0.1, -0.05) is 41.7 Å². The third-order valence-corrected chi connectivity index (χ3v) is 4.58. The molecule has 0 fully saturated rings. The lowest BCUT2D eigenvalue weighted by molar-refractivity contribution is -0.577. The van der Waals surface area contributed by atoms with Crippen molar-refractivity contribution in [2.75, 3.05) is 4.90 Å². The number of benzene rings is 2. The van der Waals surface area contributed by atoms with Crippen LogP contribution in [0, 0.1) is 0 Å². The van der Waals surface area contributed by atoms with Gasteiger partial charge in [0.1, 0.15) is 5.69 Å². The van der Waals surface area contributed by atoms with Crippen molar-refractivity contribution in [1.82, 2.24) is 0 Å². The van der Waals surface area contributed by atoms with E-state index < -0.39 is 0 Å². The number of thiazole rings is 1. The van der Waals surface area contributed by atoms with Crippen LogP contribution in [-0.4, -0.2) is 6.04 Å². The number of aromatic nitrogens is 1. The highest BCUT2D eigenvalue weighted by Crippen LogP contribution is 2.48. The average Bonchev–Trinajstić information content (AvgIpc) is 2.96. The summed E-state index contributed by atoms with van der Waals surface area (Å²) in [6.07, 6.45) is 0. The summed E-state index contributed by atoms with van der Waals surface area (Å²) in [5.41, 5.74) is 4.38. The smallest absolute Gasteiger partial charge is 0.342 e. The van der Waals surface area contributed by atoms with E-state index in [0.717, 1.165) is 28.0 Å². The Morgan fingerprint density at radius 3 is 2.50 bits per heavy atom. The lowest BCUT2D eigenvalue weighted by Crippen LogP contribution is -2.40. The van der Waals surface area contributed by atoms with Gasteiger partial charge in [-0.25, -0.2) is 4.90 Å². The molecule has 0 radical (unpaired) electrons. The molecule has 1 aromatic heterocycles. The Bertz CT molecular complexity index is 811. The van der Waals surface area contributed by atoms with Crippen LogP contribution in [0.15, 0.2) is 60.1 Å². The summed E-state index contributed by atoms with van der Waals surface area (Å²) in [6.45, 7) is 4.41. The largest absolute Gasteiger partial charge is 0.434 e. The second-order valence-electron chi connectivity index (χ2n) is 5.57. The molecule has 0 atom stereocenters. The highest BCUT2D eigenvalue weighted by atomic mass is 32.1. The summed E-state index contributed by atoms with van der Waals surface area (Å²) in [6, 6.07) is 18.9. The van der Waals surface area contributed by atoms with Crippen molar-refractivity contribution in [2.45, 2.75) is 19.9 Å². The Morgan fingerprint density at radius 1 is 1.00 bits per heavy atom. The molecule has 0 bridgehead atoms. The van der Waals surface area contributed by atoms with E-state index in [1.165, 1.54) is 0 Å². The number of nitrogens with zero attached hydrogens (tertiary/aromatic N) is 2. The molecule has 0 saturated heterocycles. The van der Waals surface area contributed by atoms with Crippen LogP contribution in [0.3, 0.4) is 0 Å². The molecule has 3 aromatic rings. The maximum absolute atomic E-state index is 6.12. The summed E-state index contributed by atoms with van der Waals surface area (Å²) in [4.78, 5) is 2.34. The summed E-state index contributed by atoms with van der Waals surface area (Å²) in [5.74, 6) is 2.02. The van der Waals surface area contributed by atoms with Crippen molar-refractivity contribution in [3.63, 3.8) is 0 Å². The maximum atomic E-state index is 6.12. The molecule has 2 aromatic carbocycles. The molecule has 2 heterocycles. The Hall–Kier alpha value is -2.33. The average molecular weight is 309 g/mol. The van der Waals surface area contributed by atoms with Crippen LogP contribution >= 0.6 is 11.3 Å². The van der Waals surface area contributed by atoms with Gasteiger partial charge in [0.2, 0.25) is 0 Å². The minimum atomic E-state index is 0.341. The summed E-state index contributed by atoms with van der Waals surface area (Å²) >= 11 is 1.63. The van der Waals surface area contributed by atoms with Gasteiger partial charge in [0.05, 0.1) is 6.04 Å². The number of hydrogen-bond acceptors (Lipinski definition) is 3. The van der Waals surface area contributed by atoms with Gasteiger partial charge in [0.25, 0.3) is 5.06 Å². The predicted molar refractivity (Wildman–Crippen MR) is 89.6 cm³/mol. The van der Waals surface area contributed by atoms with Gasteiger partial charge >= 0.3 is 5.82 Å². The van der Waals surface area contributed by atoms with E-state index in [0.29, 0.717) is 6.04 Å². The molecular formula is C18H17N2OS+. The zero-order chi connectivity index (χ0) is 15.1. The molecule has 0 unspecified atom stereocenters. The zero-order valence-corrected chi connectivity index (χ0v) is 13.4. The van der Waals surface area contributed by atoms with Crippen molar-refractivity contribution in [1.29, 1.82) is 0 Å². The molecule has 4 heteroatoms. The second-order valence-corrected chi connectivity index (χ2v) is 6.39. The van der Waals surface area contributed by atoms with E-state index in [1.807, 2.05) is 18.2 Å². The Morgan fingerprint density at radius 2 is 1.73 bits per heavy atom. The standard InChI is InChI=1S/C18H17N2OS/c1-13(2)20-15-10-6-7-11-16(15)21-18-17(20)19(12-22-18)14-8-4-3-5-9-14/h3-13H,1-2H3/q+1. The fraction of sp³-hybridized carbons (Fsp3) is 0.167. The van der Waals surface area contributed by atoms with Crippen LogP contribution in [0.5, 0.6) is 10.8 Å². The first-order chi connectivity index (χ1) is 10.8. The highest BCUT2D eigenvalue weighted by molar-refractivity contribution is 7.11. The van der Waals surface area contributed by atoms with Crippen molar-refractivity contribution in [2.24, 2.45) is 0 Å². The van der Waals surface area contributed by atoms with Crippen molar-refractivity contribution in [3.05, 3.63) is 60.1 Å². The van der Waals surface area contributed by atoms with E-state index in [9.17, 15) is 0 Å². The Labute approximate surface area is 134 Å². The minimum Gasteiger partial charge on any atom is -0.434 e. The zero-order valence-electron chi connectivity index (χ0n) is 12.6. The van der Waals surface area contributed by atoms with Gasteiger partial charge < -0.3 is 4.74 Å². The summed E-state index contributed by atoms with van der Waals surface area (Å²) in [7, 11) is 0. The molecule has 4 rings (SSSR count). The fourth-order valence-electron chi connectivity index (χ4n) is 2.84. The first-order valence-corrected chi connectivity index (χ1v) is 8.28. The first kappa shape index (κ1) is 13.3. The van der Waals surface area contributed by atoms with E-state index in [1.54, 1.807) is 11.3 Å². The lowest BCUT2D eigenvalue weighted by atomic mass is 10.2. The monoisotopic (exact) mass is 309 g/mol. The normalized spacial score (nSPS) is 12.8. The molecular weight excluding hydrogens is 292 g/mol. The number of ether oxygens (including phenoxy) is 1. The molecule has 110 valence electrons. The Kier molecular flexibility index (Phi) is 3.12. The first-order valence-electron chi connectivity index (χ1n) is 7.40. The molecule has 0 aliphatic carbocycles. The Balaban J connectivity index is 1.93. The number of fused-ring (bicyclic) bond motifs is 2. The third-order valence-electron chi connectivity index (χ3n) is 3.78. The molecule has 0 N–H and O–H groups in total. The second kappa shape index (κ2) is 5.14. The van der Waals surface area contributed by atoms with Gasteiger partial charge in [-0.05, 0) is 38.1 Å². The van der Waals surface area contributed by atoms with Crippen molar-refractivity contribution < 1.29 is 9.30 Å². The van der Waals surface area contributed by atoms with E-state index in [2.05, 4.69) is 65.2 Å².